The number of ether oxygens (including phenoxy) is 4. The van der Waals surface area contributed by atoms with Crippen LogP contribution in [0, 0.1) is 0 Å². The maximum absolute atomic E-state index is 12.5. The number of thioether (sulfide) groups is 1. The molecule has 0 aliphatic rings. The van der Waals surface area contributed by atoms with E-state index in [1.165, 1.54) is 0 Å². The predicted molar refractivity (Wildman–Crippen MR) is 142 cm³/mol. The largest absolute Gasteiger partial charge is 0.385 e. The maximum atomic E-state index is 12.5. The highest BCUT2D eigenvalue weighted by Crippen LogP contribution is 2.28. The fourth-order valence-electron chi connectivity index (χ4n) is 3.09. The lowest BCUT2D eigenvalue weighted by atomic mass is 10.1. The van der Waals surface area contributed by atoms with Crippen LogP contribution in [0.3, 0.4) is 0 Å². The molecule has 0 atom stereocenters. The number of methoxy groups -OCH3 is 1. The molecule has 1 aromatic rings. The molecule has 0 unspecified atom stereocenters. The topological polar surface area (TPSA) is 95.1 Å². The van der Waals surface area contributed by atoms with Crippen molar-refractivity contribution in [1.29, 1.82) is 0 Å². The van der Waals surface area contributed by atoms with Gasteiger partial charge in [-0.05, 0) is 56.1 Å². The van der Waals surface area contributed by atoms with Crippen molar-refractivity contribution in [2.24, 2.45) is 0 Å². The zero-order valence-corrected chi connectivity index (χ0v) is 22.5. The van der Waals surface area contributed by atoms with Crippen LogP contribution in [0.15, 0.2) is 23.1 Å². The molecule has 0 saturated carbocycles. The van der Waals surface area contributed by atoms with Crippen molar-refractivity contribution in [1.82, 2.24) is 5.32 Å². The summed E-state index contributed by atoms with van der Waals surface area (Å²) in [6.07, 6.45) is 4.53. The molecule has 0 heterocycles. The number of nitrogens with one attached hydrogen (secondary N) is 2. The van der Waals surface area contributed by atoms with Crippen molar-refractivity contribution in [3.8, 4) is 0 Å². The molecule has 0 spiro atoms. The molecule has 8 nitrogen and oxygen atoms in total. The first-order valence-electron chi connectivity index (χ1n) is 12.7. The third-order valence-corrected chi connectivity index (χ3v) is 5.78. The number of hydrogen-bond donors (Lipinski definition) is 2. The summed E-state index contributed by atoms with van der Waals surface area (Å²) in [6.45, 7) is 9.37. The number of amides is 2. The van der Waals surface area contributed by atoms with Crippen molar-refractivity contribution in [2.75, 3.05) is 71.0 Å². The van der Waals surface area contributed by atoms with E-state index in [2.05, 4.69) is 24.5 Å². The summed E-state index contributed by atoms with van der Waals surface area (Å²) < 4.78 is 21.6. The van der Waals surface area contributed by atoms with Gasteiger partial charge in [-0.3, -0.25) is 9.59 Å². The summed E-state index contributed by atoms with van der Waals surface area (Å²) in [6, 6.07) is 5.42. The predicted octanol–water partition coefficient (Wildman–Crippen LogP) is 4.52. The third-order valence-electron chi connectivity index (χ3n) is 4.82. The first kappa shape index (κ1) is 31.4. The van der Waals surface area contributed by atoms with Crippen LogP contribution in [0.25, 0.3) is 0 Å². The molecule has 1 aromatic carbocycles. The normalized spacial score (nSPS) is 10.9. The second-order valence-electron chi connectivity index (χ2n) is 7.94. The second kappa shape index (κ2) is 21.6. The summed E-state index contributed by atoms with van der Waals surface area (Å²) in [5.74, 6) is 0.625. The van der Waals surface area contributed by atoms with Crippen LogP contribution < -0.4 is 10.6 Å². The fourth-order valence-corrected chi connectivity index (χ4v) is 3.84. The monoisotopic (exact) mass is 512 g/mol. The minimum atomic E-state index is -0.160. The number of rotatable bonds is 22. The average Bonchev–Trinajstić information content (AvgIpc) is 2.85. The van der Waals surface area contributed by atoms with Gasteiger partial charge in [0.1, 0.15) is 0 Å². The van der Waals surface area contributed by atoms with Gasteiger partial charge in [-0.15, -0.1) is 11.8 Å². The molecular weight excluding hydrogens is 468 g/mol. The van der Waals surface area contributed by atoms with E-state index in [9.17, 15) is 9.59 Å². The molecule has 200 valence electrons. The van der Waals surface area contributed by atoms with Crippen molar-refractivity contribution < 1.29 is 28.5 Å². The fraction of sp³-hybridized carbons (Fsp3) is 0.692. The highest BCUT2D eigenvalue weighted by atomic mass is 32.2. The van der Waals surface area contributed by atoms with Crippen LogP contribution in [0.1, 0.15) is 62.7 Å². The molecule has 0 aromatic heterocycles. The van der Waals surface area contributed by atoms with Crippen LogP contribution in [-0.4, -0.2) is 77.5 Å². The van der Waals surface area contributed by atoms with E-state index in [4.69, 9.17) is 18.9 Å². The molecule has 0 bridgehead atoms. The van der Waals surface area contributed by atoms with Gasteiger partial charge in [0.2, 0.25) is 5.91 Å². The second-order valence-corrected chi connectivity index (χ2v) is 9.25. The minimum absolute atomic E-state index is 0.0853. The molecule has 2 amide bonds. The van der Waals surface area contributed by atoms with E-state index in [-0.39, 0.29) is 11.8 Å². The Morgan fingerprint density at radius 3 is 2.14 bits per heavy atom. The molecule has 0 radical (unpaired) electrons. The van der Waals surface area contributed by atoms with Gasteiger partial charge in [-0.25, -0.2) is 0 Å². The Balaban J connectivity index is 2.28. The molecule has 1 rings (SSSR count). The number of benzene rings is 1. The van der Waals surface area contributed by atoms with Crippen molar-refractivity contribution in [3.05, 3.63) is 23.8 Å². The van der Waals surface area contributed by atoms with Gasteiger partial charge < -0.3 is 29.6 Å². The highest BCUT2D eigenvalue weighted by Gasteiger charge is 2.12. The lowest BCUT2D eigenvalue weighted by molar-refractivity contribution is -0.116. The van der Waals surface area contributed by atoms with Gasteiger partial charge in [0, 0.05) is 76.8 Å². The van der Waals surface area contributed by atoms with Crippen molar-refractivity contribution in [3.63, 3.8) is 0 Å². The van der Waals surface area contributed by atoms with Crippen LogP contribution in [0.5, 0.6) is 0 Å². The molecular formula is C26H44N2O6S. The Labute approximate surface area is 215 Å². The van der Waals surface area contributed by atoms with Gasteiger partial charge in [0.15, 0.2) is 0 Å². The number of anilines is 1. The van der Waals surface area contributed by atoms with Gasteiger partial charge in [0.05, 0.1) is 5.69 Å². The summed E-state index contributed by atoms with van der Waals surface area (Å²) in [5, 5.41) is 5.84. The molecule has 0 aliphatic carbocycles. The Bertz CT molecular complexity index is 704. The van der Waals surface area contributed by atoms with Crippen LogP contribution in [-0.2, 0) is 23.7 Å². The third kappa shape index (κ3) is 15.9. The standard InChI is InChI=1S/C26H44N2O6S/c1-4-14-32-17-8-19-34-20-9-18-33-16-6-10-25(29)28-23-21-22(11-12-24(23)35-5-2)26(30)27-13-7-15-31-3/h11-12,21H,4-10,13-20H2,1-3H3,(H,27,30)(H,28,29). The van der Waals surface area contributed by atoms with E-state index in [1.807, 2.05) is 6.07 Å². The number of carbonyl (C=O) groups excluding carboxylic acids is 2. The minimum Gasteiger partial charge on any atom is -0.385 e. The first-order chi connectivity index (χ1) is 17.1. The lowest BCUT2D eigenvalue weighted by Gasteiger charge is -2.13. The van der Waals surface area contributed by atoms with Gasteiger partial charge in [0.25, 0.3) is 5.91 Å². The average molecular weight is 513 g/mol. The summed E-state index contributed by atoms with van der Waals surface area (Å²) in [7, 11) is 1.64. The van der Waals surface area contributed by atoms with Crippen LogP contribution in [0.2, 0.25) is 0 Å². The molecule has 0 saturated heterocycles. The van der Waals surface area contributed by atoms with Crippen molar-refractivity contribution >= 4 is 29.3 Å². The lowest BCUT2D eigenvalue weighted by Crippen LogP contribution is -2.25. The molecule has 2 N–H and O–H groups in total. The highest BCUT2D eigenvalue weighted by molar-refractivity contribution is 7.99. The molecule has 0 aliphatic heterocycles. The Kier molecular flexibility index (Phi) is 19.4. The van der Waals surface area contributed by atoms with Crippen molar-refractivity contribution in [2.45, 2.75) is 57.3 Å². The van der Waals surface area contributed by atoms with E-state index >= 15 is 0 Å². The smallest absolute Gasteiger partial charge is 0.251 e. The number of carbonyl (C=O) groups is 2. The van der Waals surface area contributed by atoms with Crippen LogP contribution in [0.4, 0.5) is 5.69 Å². The summed E-state index contributed by atoms with van der Waals surface area (Å²) in [4.78, 5) is 25.8. The van der Waals surface area contributed by atoms with E-state index in [0.717, 1.165) is 49.5 Å². The first-order valence-corrected chi connectivity index (χ1v) is 13.7. The van der Waals surface area contributed by atoms with Gasteiger partial charge in [-0.2, -0.15) is 0 Å². The molecule has 0 fully saturated rings. The maximum Gasteiger partial charge on any atom is 0.251 e. The molecule has 35 heavy (non-hydrogen) atoms. The summed E-state index contributed by atoms with van der Waals surface area (Å²) in [5.41, 5.74) is 1.20. The zero-order valence-electron chi connectivity index (χ0n) is 21.7. The summed E-state index contributed by atoms with van der Waals surface area (Å²) >= 11 is 1.63. The quantitative estimate of drug-likeness (QED) is 0.174. The van der Waals surface area contributed by atoms with E-state index in [1.54, 1.807) is 31.0 Å². The zero-order chi connectivity index (χ0) is 25.6. The number of hydrogen-bond acceptors (Lipinski definition) is 7. The Hall–Kier alpha value is -1.65. The van der Waals surface area contributed by atoms with Gasteiger partial charge >= 0.3 is 0 Å². The van der Waals surface area contributed by atoms with E-state index in [0.29, 0.717) is 63.7 Å². The van der Waals surface area contributed by atoms with E-state index < -0.39 is 0 Å². The SMILES string of the molecule is CCCOCCCOCCCOCCCC(=O)Nc1cc(C(=O)NCCCOC)ccc1SCC. The van der Waals surface area contributed by atoms with Gasteiger partial charge in [-0.1, -0.05) is 13.8 Å². The Morgan fingerprint density at radius 2 is 1.51 bits per heavy atom. The Morgan fingerprint density at radius 1 is 0.857 bits per heavy atom. The van der Waals surface area contributed by atoms with Crippen LogP contribution >= 0.6 is 11.8 Å². The molecule has 9 heteroatoms.